The Hall–Kier alpha value is -0.120. The summed E-state index contributed by atoms with van der Waals surface area (Å²) in [5.41, 5.74) is 1.30. The summed E-state index contributed by atoms with van der Waals surface area (Å²) in [5.74, 6) is 0. The molecular weight excluding hydrogens is 94.0 g/mol. The van der Waals surface area contributed by atoms with Gasteiger partial charge in [-0.3, -0.25) is 10.0 Å². The van der Waals surface area contributed by atoms with Gasteiger partial charge < -0.3 is 0 Å². The lowest BCUT2D eigenvalue weighted by Gasteiger charge is -2.15. The first-order valence-corrected chi connectivity index (χ1v) is 2.13. The minimum absolute atomic E-state index is 0.311. The SMILES string of the molecule is CC(C)(C)ONO. The Labute approximate surface area is 43.2 Å². The zero-order chi connectivity index (χ0) is 5.91. The van der Waals surface area contributed by atoms with E-state index in [-0.39, 0.29) is 5.60 Å². The maximum Gasteiger partial charge on any atom is 0.0839 e. The number of hydrogen-bond acceptors (Lipinski definition) is 3. The fourth-order valence-corrected chi connectivity index (χ4v) is 0.137. The first-order chi connectivity index (χ1) is 3.06. The first kappa shape index (κ1) is 6.88. The molecule has 0 heterocycles. The molecule has 0 unspecified atom stereocenters. The van der Waals surface area contributed by atoms with E-state index in [9.17, 15) is 0 Å². The molecule has 0 amide bonds. The van der Waals surface area contributed by atoms with E-state index in [1.54, 1.807) is 5.64 Å². The highest BCUT2D eigenvalue weighted by Crippen LogP contribution is 2.01. The first-order valence-electron chi connectivity index (χ1n) is 2.13. The Kier molecular flexibility index (Phi) is 2.22. The van der Waals surface area contributed by atoms with Crippen molar-refractivity contribution >= 4 is 0 Å². The van der Waals surface area contributed by atoms with E-state index in [4.69, 9.17) is 5.21 Å². The molecular formula is C4H11NO2. The molecule has 0 aliphatic heterocycles. The second-order valence-corrected chi connectivity index (χ2v) is 2.31. The van der Waals surface area contributed by atoms with Gasteiger partial charge >= 0.3 is 0 Å². The van der Waals surface area contributed by atoms with Crippen LogP contribution in [-0.2, 0) is 4.84 Å². The molecule has 0 aliphatic rings. The van der Waals surface area contributed by atoms with Gasteiger partial charge in [-0.25, -0.2) is 0 Å². The minimum atomic E-state index is -0.311. The molecule has 0 spiro atoms. The maximum atomic E-state index is 7.93. The van der Waals surface area contributed by atoms with Crippen molar-refractivity contribution in [3.05, 3.63) is 0 Å². The quantitative estimate of drug-likeness (QED) is 0.482. The monoisotopic (exact) mass is 105 g/mol. The Bertz CT molecular complexity index is 48.1. The average molecular weight is 105 g/mol. The lowest BCUT2D eigenvalue weighted by atomic mass is 10.2. The fourth-order valence-electron chi connectivity index (χ4n) is 0.137. The van der Waals surface area contributed by atoms with Crippen molar-refractivity contribution in [1.29, 1.82) is 0 Å². The summed E-state index contributed by atoms with van der Waals surface area (Å²) in [4.78, 5) is 4.53. The van der Waals surface area contributed by atoms with Crippen LogP contribution in [0.15, 0.2) is 0 Å². The van der Waals surface area contributed by atoms with Crippen LogP contribution in [0.2, 0.25) is 0 Å². The topological polar surface area (TPSA) is 41.5 Å². The van der Waals surface area contributed by atoms with Crippen molar-refractivity contribution in [1.82, 2.24) is 5.64 Å². The fraction of sp³-hybridized carbons (Fsp3) is 1.00. The zero-order valence-electron chi connectivity index (χ0n) is 4.86. The molecule has 3 heteroatoms. The van der Waals surface area contributed by atoms with E-state index in [1.165, 1.54) is 0 Å². The van der Waals surface area contributed by atoms with E-state index in [1.807, 2.05) is 20.8 Å². The van der Waals surface area contributed by atoms with Gasteiger partial charge in [0, 0.05) is 0 Å². The van der Waals surface area contributed by atoms with E-state index in [2.05, 4.69) is 4.84 Å². The molecule has 3 nitrogen and oxygen atoms in total. The largest absolute Gasteiger partial charge is 0.292 e. The van der Waals surface area contributed by atoms with Gasteiger partial charge in [0.15, 0.2) is 0 Å². The second-order valence-electron chi connectivity index (χ2n) is 2.31. The Morgan fingerprint density at radius 2 is 1.86 bits per heavy atom. The molecule has 0 atom stereocenters. The zero-order valence-corrected chi connectivity index (χ0v) is 4.86. The van der Waals surface area contributed by atoms with Crippen LogP contribution in [0.4, 0.5) is 0 Å². The summed E-state index contributed by atoms with van der Waals surface area (Å²) in [5, 5.41) is 7.93. The van der Waals surface area contributed by atoms with Gasteiger partial charge in [0.1, 0.15) is 0 Å². The van der Waals surface area contributed by atoms with Crippen LogP contribution < -0.4 is 5.64 Å². The van der Waals surface area contributed by atoms with Crippen molar-refractivity contribution in [2.45, 2.75) is 26.4 Å². The van der Waals surface area contributed by atoms with Crippen molar-refractivity contribution in [2.24, 2.45) is 0 Å². The summed E-state index contributed by atoms with van der Waals surface area (Å²) in [6, 6.07) is 0. The van der Waals surface area contributed by atoms with Crippen LogP contribution in [0.3, 0.4) is 0 Å². The van der Waals surface area contributed by atoms with Crippen LogP contribution in [-0.4, -0.2) is 10.8 Å². The molecule has 0 aromatic heterocycles. The molecule has 7 heavy (non-hydrogen) atoms. The molecule has 0 bridgehead atoms. The van der Waals surface area contributed by atoms with Crippen LogP contribution in [0, 0.1) is 0 Å². The van der Waals surface area contributed by atoms with Gasteiger partial charge in [0.05, 0.1) is 5.60 Å². The highest BCUT2D eigenvalue weighted by Gasteiger charge is 2.08. The Morgan fingerprint density at radius 3 is 1.86 bits per heavy atom. The smallest absolute Gasteiger partial charge is 0.0839 e. The Morgan fingerprint density at radius 1 is 1.43 bits per heavy atom. The molecule has 44 valence electrons. The molecule has 0 saturated heterocycles. The van der Waals surface area contributed by atoms with Crippen molar-refractivity contribution in [2.75, 3.05) is 0 Å². The lowest BCUT2D eigenvalue weighted by Crippen LogP contribution is -2.26. The van der Waals surface area contributed by atoms with Gasteiger partial charge in [-0.2, -0.15) is 0 Å². The molecule has 0 radical (unpaired) electrons. The summed E-state index contributed by atoms with van der Waals surface area (Å²) in [6.45, 7) is 5.49. The number of nitrogens with one attached hydrogen (secondary N) is 1. The highest BCUT2D eigenvalue weighted by atomic mass is 16.8. The molecule has 0 aromatic carbocycles. The van der Waals surface area contributed by atoms with E-state index < -0.39 is 0 Å². The molecule has 2 N–H and O–H groups in total. The van der Waals surface area contributed by atoms with Gasteiger partial charge in [-0.05, 0) is 20.8 Å². The van der Waals surface area contributed by atoms with E-state index >= 15 is 0 Å². The number of rotatable bonds is 1. The average Bonchev–Trinajstić information content (AvgIpc) is 1.30. The van der Waals surface area contributed by atoms with E-state index in [0.717, 1.165) is 0 Å². The van der Waals surface area contributed by atoms with Crippen molar-refractivity contribution in [3.63, 3.8) is 0 Å². The van der Waals surface area contributed by atoms with Crippen molar-refractivity contribution < 1.29 is 10.0 Å². The maximum absolute atomic E-state index is 7.93. The van der Waals surface area contributed by atoms with E-state index in [0.29, 0.717) is 0 Å². The van der Waals surface area contributed by atoms with Gasteiger partial charge in [-0.1, -0.05) is 5.64 Å². The van der Waals surface area contributed by atoms with Crippen LogP contribution in [0.5, 0.6) is 0 Å². The highest BCUT2D eigenvalue weighted by molar-refractivity contribution is 4.54. The van der Waals surface area contributed by atoms with Gasteiger partial charge in [-0.15, -0.1) is 0 Å². The Balaban J connectivity index is 3.15. The molecule has 0 rings (SSSR count). The molecule has 0 aliphatic carbocycles. The van der Waals surface area contributed by atoms with Crippen LogP contribution in [0.1, 0.15) is 20.8 Å². The normalized spacial score (nSPS) is 12.0. The number of hydrogen-bond donors (Lipinski definition) is 2. The molecule has 0 fully saturated rings. The minimum Gasteiger partial charge on any atom is -0.292 e. The third-order valence-corrected chi connectivity index (χ3v) is 0.352. The van der Waals surface area contributed by atoms with Gasteiger partial charge in [0.25, 0.3) is 0 Å². The summed E-state index contributed by atoms with van der Waals surface area (Å²) < 4.78 is 0. The summed E-state index contributed by atoms with van der Waals surface area (Å²) >= 11 is 0. The third kappa shape index (κ3) is 5.88. The van der Waals surface area contributed by atoms with Crippen LogP contribution in [0.25, 0.3) is 0 Å². The summed E-state index contributed by atoms with van der Waals surface area (Å²) in [6.07, 6.45) is 0. The van der Waals surface area contributed by atoms with Crippen molar-refractivity contribution in [3.8, 4) is 0 Å². The predicted molar refractivity (Wildman–Crippen MR) is 25.8 cm³/mol. The third-order valence-electron chi connectivity index (χ3n) is 0.352. The van der Waals surface area contributed by atoms with Crippen LogP contribution >= 0.6 is 0 Å². The predicted octanol–water partition coefficient (Wildman–Crippen LogP) is 0.695. The van der Waals surface area contributed by atoms with Gasteiger partial charge in [0.2, 0.25) is 0 Å². The summed E-state index contributed by atoms with van der Waals surface area (Å²) in [7, 11) is 0. The molecule has 0 saturated carbocycles. The standard InChI is InChI=1S/C4H11NO2/c1-4(2,3)7-5-6/h5-6H,1-3H3. The molecule has 0 aromatic rings. The second kappa shape index (κ2) is 2.26. The lowest BCUT2D eigenvalue weighted by molar-refractivity contribution is -0.191.